The Morgan fingerprint density at radius 2 is 2.14 bits per heavy atom. The first-order valence-electron chi connectivity index (χ1n) is 9.64. The number of β-amino-alcohol motifs (C(OH)–C–C–N with tert-alkyl or cyclic N) is 1. The molecule has 1 atom stereocenters. The van der Waals surface area contributed by atoms with E-state index in [0.717, 1.165) is 30.8 Å². The molecule has 0 aromatic carbocycles. The molecular formula is C20H21FN6O2. The van der Waals surface area contributed by atoms with Crippen LogP contribution in [0.4, 0.5) is 10.2 Å². The number of amides is 1. The SMILES string of the molecule is CC1(O)CN(C(=O)c2cnn3ccc(N4CCC[C@@H]4c4cncc(F)c4)nc23)C1. The van der Waals surface area contributed by atoms with Gasteiger partial charge in [0.2, 0.25) is 0 Å². The minimum Gasteiger partial charge on any atom is -0.386 e. The number of pyridine rings is 1. The maximum Gasteiger partial charge on any atom is 0.259 e. The summed E-state index contributed by atoms with van der Waals surface area (Å²) in [5, 5.41) is 14.2. The van der Waals surface area contributed by atoms with Crippen LogP contribution in [0.25, 0.3) is 5.65 Å². The minimum atomic E-state index is -0.834. The fourth-order valence-electron chi connectivity index (χ4n) is 4.26. The van der Waals surface area contributed by atoms with Crippen molar-refractivity contribution in [2.24, 2.45) is 0 Å². The lowest BCUT2D eigenvalue weighted by molar-refractivity contribution is -0.0668. The maximum atomic E-state index is 13.7. The zero-order valence-electron chi connectivity index (χ0n) is 16.0. The van der Waals surface area contributed by atoms with Crippen LogP contribution in [-0.4, -0.2) is 60.7 Å². The molecule has 2 aliphatic heterocycles. The summed E-state index contributed by atoms with van der Waals surface area (Å²) < 4.78 is 15.2. The Kier molecular flexibility index (Phi) is 4.02. The lowest BCUT2D eigenvalue weighted by Gasteiger charge is -2.43. The molecule has 2 saturated heterocycles. The number of likely N-dealkylation sites (tertiary alicyclic amines) is 1. The lowest BCUT2D eigenvalue weighted by atomic mass is 9.96. The third-order valence-corrected chi connectivity index (χ3v) is 5.59. The van der Waals surface area contributed by atoms with Crippen LogP contribution in [-0.2, 0) is 0 Å². The van der Waals surface area contributed by atoms with Crippen LogP contribution < -0.4 is 4.90 Å². The second kappa shape index (κ2) is 6.48. The summed E-state index contributed by atoms with van der Waals surface area (Å²) >= 11 is 0. The largest absolute Gasteiger partial charge is 0.386 e. The summed E-state index contributed by atoms with van der Waals surface area (Å²) in [6, 6.07) is 3.35. The van der Waals surface area contributed by atoms with Crippen molar-refractivity contribution < 1.29 is 14.3 Å². The third-order valence-electron chi connectivity index (χ3n) is 5.59. The summed E-state index contributed by atoms with van der Waals surface area (Å²) in [6.45, 7) is 3.09. The van der Waals surface area contributed by atoms with E-state index < -0.39 is 5.60 Å². The fourth-order valence-corrected chi connectivity index (χ4v) is 4.26. The molecule has 150 valence electrons. The van der Waals surface area contributed by atoms with Gasteiger partial charge < -0.3 is 14.9 Å². The highest BCUT2D eigenvalue weighted by molar-refractivity contribution is 6.00. The molecule has 0 spiro atoms. The van der Waals surface area contributed by atoms with E-state index in [9.17, 15) is 14.3 Å². The van der Waals surface area contributed by atoms with E-state index in [1.807, 2.05) is 6.07 Å². The number of nitrogens with zero attached hydrogens (tertiary/aromatic N) is 6. The molecule has 8 nitrogen and oxygen atoms in total. The second-order valence-electron chi connectivity index (χ2n) is 8.06. The van der Waals surface area contributed by atoms with Gasteiger partial charge in [0.15, 0.2) is 5.65 Å². The van der Waals surface area contributed by atoms with E-state index >= 15 is 0 Å². The Morgan fingerprint density at radius 3 is 2.90 bits per heavy atom. The molecule has 1 N–H and O–H groups in total. The maximum absolute atomic E-state index is 13.7. The molecule has 3 aromatic heterocycles. The van der Waals surface area contributed by atoms with Gasteiger partial charge in [-0.15, -0.1) is 0 Å². The first-order valence-corrected chi connectivity index (χ1v) is 9.64. The highest BCUT2D eigenvalue weighted by Gasteiger charge is 2.40. The number of halogens is 1. The Morgan fingerprint density at radius 1 is 1.31 bits per heavy atom. The molecule has 9 heteroatoms. The number of anilines is 1. The van der Waals surface area contributed by atoms with Crippen LogP contribution in [0.5, 0.6) is 0 Å². The average Bonchev–Trinajstić information content (AvgIpc) is 3.32. The Balaban J connectivity index is 1.47. The third kappa shape index (κ3) is 3.11. The Hall–Kier alpha value is -3.07. The monoisotopic (exact) mass is 396 g/mol. The van der Waals surface area contributed by atoms with Crippen molar-refractivity contribution in [2.45, 2.75) is 31.4 Å². The lowest BCUT2D eigenvalue weighted by Crippen LogP contribution is -2.61. The van der Waals surface area contributed by atoms with Crippen LogP contribution in [0.1, 0.15) is 41.7 Å². The fraction of sp³-hybridized carbons (Fsp3) is 0.400. The molecule has 5 rings (SSSR count). The van der Waals surface area contributed by atoms with Crippen molar-refractivity contribution in [3.05, 3.63) is 53.9 Å². The van der Waals surface area contributed by atoms with Gasteiger partial charge in [-0.05, 0) is 37.5 Å². The molecule has 0 aliphatic carbocycles. The molecule has 0 saturated carbocycles. The Bertz CT molecular complexity index is 1090. The van der Waals surface area contributed by atoms with Crippen LogP contribution in [0, 0.1) is 5.82 Å². The quantitative estimate of drug-likeness (QED) is 0.727. The number of hydrogen-bond acceptors (Lipinski definition) is 6. The van der Waals surface area contributed by atoms with Crippen LogP contribution >= 0.6 is 0 Å². The smallest absolute Gasteiger partial charge is 0.259 e. The van der Waals surface area contributed by atoms with E-state index in [1.54, 1.807) is 28.7 Å². The summed E-state index contributed by atoms with van der Waals surface area (Å²) in [5.74, 6) is 0.171. The van der Waals surface area contributed by atoms with E-state index in [0.29, 0.717) is 24.3 Å². The minimum absolute atomic E-state index is 0.0132. The number of hydrogen-bond donors (Lipinski definition) is 1. The highest BCUT2D eigenvalue weighted by atomic mass is 19.1. The standard InChI is InChI=1S/C20H21FN6O2/c1-20(29)11-25(12-20)19(28)15-10-23-27-6-4-17(24-18(15)27)26-5-2-3-16(26)13-7-14(21)9-22-8-13/h4,6-10,16,29H,2-3,5,11-12H2,1H3/t16-/m1/s1. The number of aliphatic hydroxyl groups is 1. The van der Waals surface area contributed by atoms with Crippen molar-refractivity contribution in [1.82, 2.24) is 24.5 Å². The number of carbonyl (C=O) groups excluding carboxylic acids is 1. The molecular weight excluding hydrogens is 375 g/mol. The zero-order valence-corrected chi connectivity index (χ0v) is 16.0. The van der Waals surface area contributed by atoms with Gasteiger partial charge >= 0.3 is 0 Å². The van der Waals surface area contributed by atoms with Crippen LogP contribution in [0.3, 0.4) is 0 Å². The van der Waals surface area contributed by atoms with E-state index in [-0.39, 0.29) is 17.8 Å². The van der Waals surface area contributed by atoms with Crippen molar-refractivity contribution in [3.8, 4) is 0 Å². The molecule has 5 heterocycles. The van der Waals surface area contributed by atoms with Crippen LogP contribution in [0.2, 0.25) is 0 Å². The van der Waals surface area contributed by atoms with Crippen molar-refractivity contribution in [3.63, 3.8) is 0 Å². The normalized spacial score (nSPS) is 20.9. The molecule has 0 bridgehead atoms. The summed E-state index contributed by atoms with van der Waals surface area (Å²) in [5.41, 5.74) is 0.864. The van der Waals surface area contributed by atoms with Gasteiger partial charge in [0.25, 0.3) is 5.91 Å². The number of rotatable bonds is 3. The van der Waals surface area contributed by atoms with Gasteiger partial charge in [0, 0.05) is 18.9 Å². The zero-order chi connectivity index (χ0) is 20.2. The molecule has 29 heavy (non-hydrogen) atoms. The van der Waals surface area contributed by atoms with Gasteiger partial charge in [0.1, 0.15) is 17.2 Å². The highest BCUT2D eigenvalue weighted by Crippen LogP contribution is 2.35. The molecule has 2 aliphatic rings. The van der Waals surface area contributed by atoms with Crippen LogP contribution in [0.15, 0.2) is 36.9 Å². The van der Waals surface area contributed by atoms with Gasteiger partial charge in [-0.1, -0.05) is 0 Å². The molecule has 2 fully saturated rings. The number of fused-ring (bicyclic) bond motifs is 1. The number of aromatic nitrogens is 4. The summed E-state index contributed by atoms with van der Waals surface area (Å²) in [4.78, 5) is 25.2. The van der Waals surface area contributed by atoms with Crippen molar-refractivity contribution >= 4 is 17.4 Å². The Labute approximate surface area is 166 Å². The number of carbonyl (C=O) groups is 1. The van der Waals surface area contributed by atoms with Gasteiger partial charge in [-0.3, -0.25) is 9.78 Å². The van der Waals surface area contributed by atoms with E-state index in [4.69, 9.17) is 4.98 Å². The predicted molar refractivity (Wildman–Crippen MR) is 103 cm³/mol. The van der Waals surface area contributed by atoms with E-state index in [1.165, 1.54) is 18.5 Å². The van der Waals surface area contributed by atoms with Gasteiger partial charge in [-0.25, -0.2) is 13.9 Å². The molecule has 0 radical (unpaired) electrons. The molecule has 1 amide bonds. The first-order chi connectivity index (χ1) is 13.9. The summed E-state index contributed by atoms with van der Waals surface area (Å²) in [6.07, 6.45) is 8.02. The topological polar surface area (TPSA) is 86.9 Å². The molecule has 0 unspecified atom stereocenters. The average molecular weight is 396 g/mol. The van der Waals surface area contributed by atoms with Crippen molar-refractivity contribution in [2.75, 3.05) is 24.5 Å². The second-order valence-corrected chi connectivity index (χ2v) is 8.06. The van der Waals surface area contributed by atoms with Gasteiger partial charge in [0.05, 0.1) is 37.1 Å². The predicted octanol–water partition coefficient (Wildman–Crippen LogP) is 1.81. The van der Waals surface area contributed by atoms with E-state index in [2.05, 4.69) is 15.0 Å². The summed E-state index contributed by atoms with van der Waals surface area (Å²) in [7, 11) is 0. The van der Waals surface area contributed by atoms with Gasteiger partial charge in [-0.2, -0.15) is 5.10 Å². The molecule has 3 aromatic rings. The first kappa shape index (κ1) is 18.0. The van der Waals surface area contributed by atoms with Crippen molar-refractivity contribution in [1.29, 1.82) is 0 Å².